The van der Waals surface area contributed by atoms with Crippen molar-refractivity contribution in [2.45, 2.75) is 0 Å². The summed E-state index contributed by atoms with van der Waals surface area (Å²) >= 11 is 0. The highest BCUT2D eigenvalue weighted by molar-refractivity contribution is 7.54. The molecule has 0 aliphatic heterocycles. The molecule has 0 heterocycles. The summed E-state index contributed by atoms with van der Waals surface area (Å²) in [4.78, 5) is 11.4. The van der Waals surface area contributed by atoms with Crippen LogP contribution in [0.1, 0.15) is 0 Å². The summed E-state index contributed by atoms with van der Waals surface area (Å²) in [6, 6.07) is 0.690. The molecule has 1 aromatic rings. The molecule has 1 aromatic carbocycles. The molecule has 0 aromatic heterocycles. The Morgan fingerprint density at radius 3 is 2.05 bits per heavy atom. The second-order valence-electron chi connectivity index (χ2n) is 3.31. The van der Waals surface area contributed by atoms with E-state index in [1.807, 2.05) is 0 Å². The van der Waals surface area contributed by atoms with Crippen LogP contribution in [0.5, 0.6) is 5.75 Å². The molecule has 0 fully saturated rings. The molecule has 5 nitrogen and oxygen atoms in total. The first-order valence-corrected chi connectivity index (χ1v) is 6.60. The zero-order valence-corrected chi connectivity index (χ0v) is 10.9. The standard InChI is InChI=1S/C10H10F3O5P/c1-16-19(15,17-2)5-9(14)18-10-7(12)3-6(11)4-8(10)13/h3-4H,5H2,1-2H3. The minimum Gasteiger partial charge on any atom is -0.420 e. The average Bonchev–Trinajstić information content (AvgIpc) is 2.33. The Labute approximate surface area is 106 Å². The lowest BCUT2D eigenvalue weighted by Gasteiger charge is -2.13. The van der Waals surface area contributed by atoms with E-state index in [0.717, 1.165) is 14.2 Å². The minimum atomic E-state index is -3.71. The first-order valence-electron chi connectivity index (χ1n) is 4.87. The quantitative estimate of drug-likeness (QED) is 0.475. The summed E-state index contributed by atoms with van der Waals surface area (Å²) in [5.74, 6) is -6.26. The highest BCUT2D eigenvalue weighted by atomic mass is 31.2. The van der Waals surface area contributed by atoms with Gasteiger partial charge in [-0.15, -0.1) is 0 Å². The molecule has 0 amide bonds. The van der Waals surface area contributed by atoms with Gasteiger partial charge in [0.05, 0.1) is 0 Å². The van der Waals surface area contributed by atoms with Gasteiger partial charge in [0.2, 0.25) is 5.75 Å². The maximum atomic E-state index is 13.2. The van der Waals surface area contributed by atoms with E-state index in [1.165, 1.54) is 0 Å². The molecule has 1 rings (SSSR count). The summed E-state index contributed by atoms with van der Waals surface area (Å²) in [5.41, 5.74) is 0. The second kappa shape index (κ2) is 6.18. The molecular formula is C10H10F3O5P. The normalized spacial score (nSPS) is 11.4. The summed E-state index contributed by atoms with van der Waals surface area (Å²) in [5, 5.41) is 0. The zero-order chi connectivity index (χ0) is 14.6. The van der Waals surface area contributed by atoms with Gasteiger partial charge in [-0.05, 0) is 0 Å². The molecule has 0 radical (unpaired) electrons. The number of esters is 1. The lowest BCUT2D eigenvalue weighted by Crippen LogP contribution is -2.16. The van der Waals surface area contributed by atoms with Gasteiger partial charge in [0.1, 0.15) is 12.0 Å². The molecule has 0 bridgehead atoms. The summed E-state index contributed by atoms with van der Waals surface area (Å²) in [7, 11) is -1.63. The largest absolute Gasteiger partial charge is 0.420 e. The fourth-order valence-electron chi connectivity index (χ4n) is 1.13. The minimum absolute atomic E-state index is 0.345. The van der Waals surface area contributed by atoms with E-state index in [2.05, 4.69) is 13.8 Å². The second-order valence-corrected chi connectivity index (χ2v) is 5.58. The van der Waals surface area contributed by atoms with Crippen LogP contribution in [0.3, 0.4) is 0 Å². The third kappa shape index (κ3) is 4.05. The van der Waals surface area contributed by atoms with Gasteiger partial charge in [-0.1, -0.05) is 0 Å². The summed E-state index contributed by atoms with van der Waals surface area (Å²) in [6.45, 7) is 0. The fraction of sp³-hybridized carbons (Fsp3) is 0.300. The van der Waals surface area contributed by atoms with Crippen LogP contribution in [0, 0.1) is 17.5 Å². The van der Waals surface area contributed by atoms with Gasteiger partial charge in [-0.3, -0.25) is 9.36 Å². The van der Waals surface area contributed by atoms with Gasteiger partial charge < -0.3 is 13.8 Å². The van der Waals surface area contributed by atoms with Crippen molar-refractivity contribution in [2.24, 2.45) is 0 Å². The van der Waals surface area contributed by atoms with Gasteiger partial charge in [-0.2, -0.15) is 0 Å². The van der Waals surface area contributed by atoms with E-state index in [0.29, 0.717) is 12.1 Å². The molecule has 0 aliphatic carbocycles. The lowest BCUT2D eigenvalue weighted by atomic mass is 10.3. The molecule has 0 saturated carbocycles. The topological polar surface area (TPSA) is 61.8 Å². The third-order valence-corrected chi connectivity index (χ3v) is 3.82. The van der Waals surface area contributed by atoms with Crippen LogP contribution in [0.15, 0.2) is 12.1 Å². The Balaban J connectivity index is 2.87. The van der Waals surface area contributed by atoms with Gasteiger partial charge >= 0.3 is 13.6 Å². The Bertz CT molecular complexity index is 503. The van der Waals surface area contributed by atoms with Gasteiger partial charge in [0.15, 0.2) is 11.6 Å². The van der Waals surface area contributed by atoms with Crippen molar-refractivity contribution in [3.8, 4) is 5.75 Å². The number of carbonyl (C=O) groups excluding carboxylic acids is 1. The Hall–Kier alpha value is -1.37. The van der Waals surface area contributed by atoms with Crippen LogP contribution in [-0.4, -0.2) is 26.4 Å². The smallest absolute Gasteiger partial charge is 0.341 e. The van der Waals surface area contributed by atoms with Gasteiger partial charge in [-0.25, -0.2) is 13.2 Å². The van der Waals surface area contributed by atoms with E-state index in [-0.39, 0.29) is 0 Å². The van der Waals surface area contributed by atoms with Crippen LogP contribution in [0.25, 0.3) is 0 Å². The first-order chi connectivity index (χ1) is 8.81. The SMILES string of the molecule is COP(=O)(CC(=O)Oc1c(F)cc(F)cc1F)OC. The van der Waals surface area contributed by atoms with Crippen LogP contribution in [0.4, 0.5) is 13.2 Å². The van der Waals surface area contributed by atoms with Crippen LogP contribution >= 0.6 is 7.60 Å². The van der Waals surface area contributed by atoms with Gasteiger partial charge in [0, 0.05) is 26.4 Å². The number of ether oxygens (including phenoxy) is 1. The van der Waals surface area contributed by atoms with Crippen LogP contribution < -0.4 is 4.74 Å². The van der Waals surface area contributed by atoms with Crippen molar-refractivity contribution in [3.63, 3.8) is 0 Å². The van der Waals surface area contributed by atoms with E-state index in [9.17, 15) is 22.5 Å². The molecule has 0 spiro atoms. The monoisotopic (exact) mass is 298 g/mol. The Kier molecular flexibility index (Phi) is 5.11. The van der Waals surface area contributed by atoms with Crippen molar-refractivity contribution in [2.75, 3.05) is 20.4 Å². The summed E-state index contributed by atoms with van der Waals surface area (Å²) < 4.78 is 63.8. The fourth-order valence-corrected chi connectivity index (χ4v) is 1.92. The predicted octanol–water partition coefficient (Wildman–Crippen LogP) is 2.50. The van der Waals surface area contributed by atoms with Crippen molar-refractivity contribution >= 4 is 13.6 Å². The maximum Gasteiger partial charge on any atom is 0.341 e. The molecular weight excluding hydrogens is 288 g/mol. The third-order valence-electron chi connectivity index (χ3n) is 2.06. The number of hydrogen-bond acceptors (Lipinski definition) is 5. The predicted molar refractivity (Wildman–Crippen MR) is 58.4 cm³/mol. The van der Waals surface area contributed by atoms with Crippen LogP contribution in [0.2, 0.25) is 0 Å². The number of benzene rings is 1. The average molecular weight is 298 g/mol. The number of carbonyl (C=O) groups is 1. The molecule has 0 N–H and O–H groups in total. The Morgan fingerprint density at radius 1 is 1.16 bits per heavy atom. The molecule has 0 unspecified atom stereocenters. The van der Waals surface area contributed by atoms with E-state index in [1.54, 1.807) is 0 Å². The number of hydrogen-bond donors (Lipinski definition) is 0. The van der Waals surface area contributed by atoms with Crippen molar-refractivity contribution in [1.82, 2.24) is 0 Å². The first kappa shape index (κ1) is 15.7. The molecule has 0 aliphatic rings. The van der Waals surface area contributed by atoms with E-state index < -0.39 is 42.9 Å². The highest BCUT2D eigenvalue weighted by Crippen LogP contribution is 2.46. The lowest BCUT2D eigenvalue weighted by molar-refractivity contribution is -0.132. The van der Waals surface area contributed by atoms with E-state index >= 15 is 0 Å². The van der Waals surface area contributed by atoms with Crippen molar-refractivity contribution < 1.29 is 36.3 Å². The number of halogens is 3. The molecule has 9 heteroatoms. The molecule has 0 atom stereocenters. The summed E-state index contributed by atoms with van der Waals surface area (Å²) in [6.07, 6.45) is -0.837. The van der Waals surface area contributed by atoms with E-state index in [4.69, 9.17) is 0 Å². The zero-order valence-electron chi connectivity index (χ0n) is 9.98. The number of rotatable bonds is 5. The Morgan fingerprint density at radius 2 is 1.63 bits per heavy atom. The van der Waals surface area contributed by atoms with Crippen molar-refractivity contribution in [1.29, 1.82) is 0 Å². The van der Waals surface area contributed by atoms with Crippen molar-refractivity contribution in [3.05, 3.63) is 29.6 Å². The highest BCUT2D eigenvalue weighted by Gasteiger charge is 2.28. The molecule has 19 heavy (non-hydrogen) atoms. The van der Waals surface area contributed by atoms with Gasteiger partial charge in [0.25, 0.3) is 0 Å². The molecule has 106 valence electrons. The molecule has 0 saturated heterocycles. The maximum absolute atomic E-state index is 13.2. The van der Waals surface area contributed by atoms with Crippen LogP contribution in [-0.2, 0) is 18.4 Å².